The Morgan fingerprint density at radius 1 is 1.09 bits per heavy atom. The van der Waals surface area contributed by atoms with E-state index in [0.717, 1.165) is 22.6 Å². The topological polar surface area (TPSA) is 60.8 Å². The number of thioether (sulfide) groups is 1. The molecule has 2 N–H and O–H groups in total. The van der Waals surface area contributed by atoms with Crippen molar-refractivity contribution in [2.75, 3.05) is 12.8 Å². The number of para-hydroxylation sites is 1. The monoisotopic (exact) mass is 331 g/mol. The zero-order chi connectivity index (χ0) is 16.7. The molecule has 4 nitrogen and oxygen atoms in total. The molecule has 0 spiro atoms. The van der Waals surface area contributed by atoms with Crippen LogP contribution in [0.3, 0.4) is 0 Å². The van der Waals surface area contributed by atoms with Crippen LogP contribution in [0.25, 0.3) is 0 Å². The van der Waals surface area contributed by atoms with Gasteiger partial charge in [-0.15, -0.1) is 11.8 Å². The fraction of sp³-hybridized carbons (Fsp3) is 0.278. The van der Waals surface area contributed by atoms with Gasteiger partial charge in [-0.3, -0.25) is 4.79 Å². The zero-order valence-corrected chi connectivity index (χ0v) is 13.9. The highest BCUT2D eigenvalue weighted by molar-refractivity contribution is 7.99. The minimum atomic E-state index is 0.0690. The largest absolute Gasteiger partial charge is 0.508 e. The van der Waals surface area contributed by atoms with E-state index < -0.39 is 0 Å². The fourth-order valence-electron chi connectivity index (χ4n) is 2.13. The Morgan fingerprint density at radius 3 is 2.48 bits per heavy atom. The maximum atomic E-state index is 12.1. The van der Waals surface area contributed by atoms with Gasteiger partial charge in [0.2, 0.25) is 5.91 Å². The summed E-state index contributed by atoms with van der Waals surface area (Å²) in [5.74, 6) is 1.39. The van der Waals surface area contributed by atoms with Crippen molar-refractivity contribution in [3.05, 3.63) is 54.1 Å². The smallest absolute Gasteiger partial charge is 0.222 e. The molecule has 0 aliphatic heterocycles. The van der Waals surface area contributed by atoms with E-state index in [0.29, 0.717) is 13.0 Å². The van der Waals surface area contributed by atoms with Gasteiger partial charge in [-0.1, -0.05) is 18.2 Å². The number of nitrogens with zero attached hydrogens (tertiary/aromatic N) is 1. The van der Waals surface area contributed by atoms with Crippen molar-refractivity contribution in [2.24, 2.45) is 0 Å². The second kappa shape index (κ2) is 8.48. The number of amides is 1. The van der Waals surface area contributed by atoms with Crippen molar-refractivity contribution in [1.29, 1.82) is 0 Å². The third-order valence-corrected chi connectivity index (χ3v) is 4.56. The molecule has 0 fully saturated rings. The Bertz CT molecular complexity index is 643. The summed E-state index contributed by atoms with van der Waals surface area (Å²) in [5.41, 5.74) is 0.752. The van der Waals surface area contributed by atoms with Crippen LogP contribution in [0.1, 0.15) is 18.4 Å². The van der Waals surface area contributed by atoms with Gasteiger partial charge in [-0.05, 0) is 42.5 Å². The van der Waals surface area contributed by atoms with Crippen LogP contribution >= 0.6 is 11.8 Å². The van der Waals surface area contributed by atoms with E-state index in [1.807, 2.05) is 24.3 Å². The minimum absolute atomic E-state index is 0.0690. The summed E-state index contributed by atoms with van der Waals surface area (Å²) in [7, 11) is 1.75. The van der Waals surface area contributed by atoms with E-state index in [1.165, 1.54) is 0 Å². The lowest BCUT2D eigenvalue weighted by molar-refractivity contribution is -0.130. The molecule has 0 saturated heterocycles. The first-order chi connectivity index (χ1) is 11.1. The van der Waals surface area contributed by atoms with Gasteiger partial charge in [0.25, 0.3) is 0 Å². The van der Waals surface area contributed by atoms with Gasteiger partial charge < -0.3 is 15.1 Å². The van der Waals surface area contributed by atoms with Crippen LogP contribution in [-0.4, -0.2) is 33.8 Å². The average molecular weight is 331 g/mol. The number of carbonyl (C=O) groups is 1. The number of hydrogen-bond acceptors (Lipinski definition) is 4. The SMILES string of the molecule is CN(Cc1ccccc1O)C(=O)CCCSc1ccc(O)cc1. The van der Waals surface area contributed by atoms with Crippen LogP contribution in [0, 0.1) is 0 Å². The lowest BCUT2D eigenvalue weighted by Gasteiger charge is -2.17. The van der Waals surface area contributed by atoms with Crippen molar-refractivity contribution in [3.8, 4) is 11.5 Å². The molecule has 0 bridgehead atoms. The summed E-state index contributed by atoms with van der Waals surface area (Å²) in [6, 6.07) is 14.1. The molecule has 1 amide bonds. The third-order valence-electron chi connectivity index (χ3n) is 3.47. The summed E-state index contributed by atoms with van der Waals surface area (Å²) in [5, 5.41) is 19.0. The van der Waals surface area contributed by atoms with Crippen LogP contribution in [0.5, 0.6) is 11.5 Å². The Morgan fingerprint density at radius 2 is 1.78 bits per heavy atom. The van der Waals surface area contributed by atoms with Gasteiger partial charge >= 0.3 is 0 Å². The molecule has 0 atom stereocenters. The van der Waals surface area contributed by atoms with Gasteiger partial charge in [0.05, 0.1) is 0 Å². The van der Waals surface area contributed by atoms with Crippen LogP contribution < -0.4 is 0 Å². The van der Waals surface area contributed by atoms with E-state index in [-0.39, 0.29) is 17.4 Å². The third kappa shape index (κ3) is 5.53. The standard InChI is InChI=1S/C18H21NO3S/c1-19(13-14-5-2-3-6-17(14)21)18(22)7-4-12-23-16-10-8-15(20)9-11-16/h2-3,5-6,8-11,20-21H,4,7,12-13H2,1H3. The Hall–Kier alpha value is -2.14. The summed E-state index contributed by atoms with van der Waals surface area (Å²) < 4.78 is 0. The predicted molar refractivity (Wildman–Crippen MR) is 92.6 cm³/mol. The first-order valence-electron chi connectivity index (χ1n) is 7.49. The van der Waals surface area contributed by atoms with E-state index in [1.54, 1.807) is 48.0 Å². The quantitative estimate of drug-likeness (QED) is 0.601. The van der Waals surface area contributed by atoms with E-state index >= 15 is 0 Å². The second-order valence-corrected chi connectivity index (χ2v) is 6.49. The van der Waals surface area contributed by atoms with Crippen LogP contribution in [0.15, 0.2) is 53.4 Å². The lowest BCUT2D eigenvalue weighted by atomic mass is 10.2. The molecule has 0 saturated carbocycles. The molecule has 0 heterocycles. The van der Waals surface area contributed by atoms with Gasteiger partial charge in [0.15, 0.2) is 0 Å². The molecule has 0 radical (unpaired) electrons. The molecule has 2 rings (SSSR count). The Labute approximate surface area is 140 Å². The maximum Gasteiger partial charge on any atom is 0.222 e. The average Bonchev–Trinajstić information content (AvgIpc) is 2.55. The number of rotatable bonds is 7. The van der Waals surface area contributed by atoms with Crippen molar-refractivity contribution in [2.45, 2.75) is 24.3 Å². The Kier molecular flexibility index (Phi) is 6.35. The van der Waals surface area contributed by atoms with E-state index in [2.05, 4.69) is 0 Å². The maximum absolute atomic E-state index is 12.1. The number of phenols is 2. The molecule has 2 aromatic rings. The number of phenolic OH excluding ortho intramolecular Hbond substituents is 2. The second-order valence-electron chi connectivity index (χ2n) is 5.32. The van der Waals surface area contributed by atoms with Crippen molar-refractivity contribution >= 4 is 17.7 Å². The summed E-state index contributed by atoms with van der Waals surface area (Å²) in [4.78, 5) is 14.8. The highest BCUT2D eigenvalue weighted by Gasteiger charge is 2.11. The van der Waals surface area contributed by atoms with Gasteiger partial charge in [0.1, 0.15) is 11.5 Å². The fourth-order valence-corrected chi connectivity index (χ4v) is 2.99. The molecule has 2 aromatic carbocycles. The summed E-state index contributed by atoms with van der Waals surface area (Å²) >= 11 is 1.67. The van der Waals surface area contributed by atoms with Crippen LogP contribution in [0.4, 0.5) is 0 Å². The molecule has 0 aliphatic rings. The molecular weight excluding hydrogens is 310 g/mol. The number of carbonyl (C=O) groups excluding carboxylic acids is 1. The summed E-state index contributed by atoms with van der Waals surface area (Å²) in [6.45, 7) is 0.413. The Balaban J connectivity index is 1.72. The van der Waals surface area contributed by atoms with Crippen molar-refractivity contribution in [3.63, 3.8) is 0 Å². The first kappa shape index (κ1) is 17.2. The molecule has 23 heavy (non-hydrogen) atoms. The number of hydrogen-bond donors (Lipinski definition) is 2. The highest BCUT2D eigenvalue weighted by Crippen LogP contribution is 2.22. The minimum Gasteiger partial charge on any atom is -0.508 e. The molecule has 122 valence electrons. The van der Waals surface area contributed by atoms with E-state index in [9.17, 15) is 15.0 Å². The van der Waals surface area contributed by atoms with Crippen LogP contribution in [-0.2, 0) is 11.3 Å². The normalized spacial score (nSPS) is 10.5. The molecule has 5 heteroatoms. The molecule has 0 aromatic heterocycles. The molecule has 0 aliphatic carbocycles. The zero-order valence-electron chi connectivity index (χ0n) is 13.1. The lowest BCUT2D eigenvalue weighted by Crippen LogP contribution is -2.26. The molecular formula is C18H21NO3S. The predicted octanol–water partition coefficient (Wildman–Crippen LogP) is 3.63. The highest BCUT2D eigenvalue weighted by atomic mass is 32.2. The van der Waals surface area contributed by atoms with Gasteiger partial charge in [0, 0.05) is 30.5 Å². The van der Waals surface area contributed by atoms with E-state index in [4.69, 9.17) is 0 Å². The molecule has 0 unspecified atom stereocenters. The van der Waals surface area contributed by atoms with Crippen molar-refractivity contribution in [1.82, 2.24) is 4.90 Å². The number of benzene rings is 2. The van der Waals surface area contributed by atoms with Gasteiger partial charge in [-0.2, -0.15) is 0 Å². The van der Waals surface area contributed by atoms with Gasteiger partial charge in [-0.25, -0.2) is 0 Å². The van der Waals surface area contributed by atoms with Crippen molar-refractivity contribution < 1.29 is 15.0 Å². The number of aromatic hydroxyl groups is 2. The van der Waals surface area contributed by atoms with Crippen LogP contribution in [0.2, 0.25) is 0 Å². The summed E-state index contributed by atoms with van der Waals surface area (Å²) in [6.07, 6.45) is 1.27. The first-order valence-corrected chi connectivity index (χ1v) is 8.47.